The van der Waals surface area contributed by atoms with E-state index in [9.17, 15) is 9.59 Å². The number of hydrogen-bond acceptors (Lipinski definition) is 2. The molecule has 0 aliphatic carbocycles. The first-order chi connectivity index (χ1) is 13.4. The van der Waals surface area contributed by atoms with Gasteiger partial charge in [0.25, 0.3) is 11.5 Å². The number of para-hydroxylation sites is 1. The predicted octanol–water partition coefficient (Wildman–Crippen LogP) is 4.10. The molecule has 0 N–H and O–H groups in total. The summed E-state index contributed by atoms with van der Waals surface area (Å²) >= 11 is 0. The normalized spacial score (nSPS) is 15.5. The second-order valence-electron chi connectivity index (χ2n) is 7.67. The fraction of sp³-hybridized carbons (Fsp3) is 0.250. The molecule has 1 aromatic heterocycles. The number of fused-ring (bicyclic) bond motifs is 1. The summed E-state index contributed by atoms with van der Waals surface area (Å²) in [5, 5.41) is 0. The number of anilines is 1. The Labute approximate surface area is 165 Å². The zero-order valence-corrected chi connectivity index (χ0v) is 16.5. The van der Waals surface area contributed by atoms with Crippen LogP contribution in [0.15, 0.2) is 65.6 Å². The van der Waals surface area contributed by atoms with E-state index in [1.165, 1.54) is 11.6 Å². The summed E-state index contributed by atoms with van der Waals surface area (Å²) in [6.45, 7) is 6.60. The van der Waals surface area contributed by atoms with Gasteiger partial charge >= 0.3 is 0 Å². The van der Waals surface area contributed by atoms with Crippen molar-refractivity contribution in [3.05, 3.63) is 99.0 Å². The van der Waals surface area contributed by atoms with Gasteiger partial charge in [-0.3, -0.25) is 9.59 Å². The summed E-state index contributed by atoms with van der Waals surface area (Å²) in [5.41, 5.74) is 5.96. The van der Waals surface area contributed by atoms with E-state index in [4.69, 9.17) is 0 Å². The van der Waals surface area contributed by atoms with Gasteiger partial charge in [-0.05, 0) is 56.0 Å². The largest absolute Gasteiger partial charge is 0.310 e. The fourth-order valence-electron chi connectivity index (χ4n) is 3.95. The number of aromatic nitrogens is 1. The minimum Gasteiger partial charge on any atom is -0.310 e. The average Bonchev–Trinajstić information content (AvgIpc) is 3.01. The van der Waals surface area contributed by atoms with Crippen LogP contribution in [0.1, 0.15) is 39.5 Å². The highest BCUT2D eigenvalue weighted by atomic mass is 16.2. The molecule has 142 valence electrons. The Morgan fingerprint density at radius 3 is 2.68 bits per heavy atom. The molecule has 28 heavy (non-hydrogen) atoms. The minimum absolute atomic E-state index is 0.0628. The smallest absolute Gasteiger partial charge is 0.260 e. The number of aryl methyl sites for hydroxylation is 2. The second kappa shape index (κ2) is 7.12. The quantitative estimate of drug-likeness (QED) is 0.694. The van der Waals surface area contributed by atoms with Crippen LogP contribution in [0.2, 0.25) is 0 Å². The summed E-state index contributed by atoms with van der Waals surface area (Å²) in [5.74, 6) is -0.0628. The lowest BCUT2D eigenvalue weighted by Gasteiger charge is -2.23. The predicted molar refractivity (Wildman–Crippen MR) is 112 cm³/mol. The first-order valence-corrected chi connectivity index (χ1v) is 9.62. The van der Waals surface area contributed by atoms with Crippen molar-refractivity contribution in [1.29, 1.82) is 0 Å². The summed E-state index contributed by atoms with van der Waals surface area (Å²) in [4.78, 5) is 27.5. The van der Waals surface area contributed by atoms with E-state index in [2.05, 4.69) is 31.2 Å². The minimum atomic E-state index is -0.104. The van der Waals surface area contributed by atoms with Crippen molar-refractivity contribution in [3.8, 4) is 0 Å². The molecule has 4 nitrogen and oxygen atoms in total. The van der Waals surface area contributed by atoms with Crippen LogP contribution in [0.25, 0.3) is 0 Å². The first-order valence-electron chi connectivity index (χ1n) is 9.62. The Morgan fingerprint density at radius 2 is 1.86 bits per heavy atom. The van der Waals surface area contributed by atoms with Crippen LogP contribution >= 0.6 is 0 Å². The molecule has 0 saturated heterocycles. The van der Waals surface area contributed by atoms with Crippen LogP contribution in [0.5, 0.6) is 0 Å². The van der Waals surface area contributed by atoms with E-state index < -0.39 is 0 Å². The standard InChI is InChI=1S/C24H24N2O2/c1-16-8-9-17(2)21(12-16)15-25-14-20(10-11-23(25)27)24(28)26-18(3)13-19-6-4-5-7-22(19)26/h4-12,14,18H,13,15H2,1-3H3/t18-/m0/s1. The summed E-state index contributed by atoms with van der Waals surface area (Å²) in [6.07, 6.45) is 2.55. The highest BCUT2D eigenvalue weighted by Gasteiger charge is 2.31. The van der Waals surface area contributed by atoms with Crippen molar-refractivity contribution in [2.45, 2.75) is 39.8 Å². The van der Waals surface area contributed by atoms with Crippen molar-refractivity contribution in [2.75, 3.05) is 4.90 Å². The van der Waals surface area contributed by atoms with Gasteiger partial charge in [0.05, 0.1) is 12.1 Å². The van der Waals surface area contributed by atoms with E-state index in [-0.39, 0.29) is 17.5 Å². The maximum Gasteiger partial charge on any atom is 0.260 e. The molecule has 0 radical (unpaired) electrons. The van der Waals surface area contributed by atoms with Crippen molar-refractivity contribution in [1.82, 2.24) is 4.57 Å². The van der Waals surface area contributed by atoms with E-state index in [1.807, 2.05) is 36.9 Å². The van der Waals surface area contributed by atoms with Crippen molar-refractivity contribution in [2.24, 2.45) is 0 Å². The maximum absolute atomic E-state index is 13.3. The van der Waals surface area contributed by atoms with Crippen LogP contribution in [0.4, 0.5) is 5.69 Å². The van der Waals surface area contributed by atoms with E-state index in [1.54, 1.807) is 16.8 Å². The third-order valence-electron chi connectivity index (χ3n) is 5.50. The van der Waals surface area contributed by atoms with Crippen LogP contribution in [0, 0.1) is 13.8 Å². The monoisotopic (exact) mass is 372 g/mol. The first kappa shape index (κ1) is 18.2. The third kappa shape index (κ3) is 3.26. The van der Waals surface area contributed by atoms with Crippen LogP contribution in [-0.4, -0.2) is 16.5 Å². The fourth-order valence-corrected chi connectivity index (χ4v) is 3.95. The molecular weight excluding hydrogens is 348 g/mol. The molecule has 0 saturated carbocycles. The zero-order valence-electron chi connectivity index (χ0n) is 16.5. The van der Waals surface area contributed by atoms with Gasteiger partial charge in [-0.15, -0.1) is 0 Å². The topological polar surface area (TPSA) is 42.3 Å². The summed E-state index contributed by atoms with van der Waals surface area (Å²) < 4.78 is 1.63. The van der Waals surface area contributed by atoms with E-state index >= 15 is 0 Å². The number of nitrogens with zero attached hydrogens (tertiary/aromatic N) is 2. The molecule has 3 aromatic rings. The highest BCUT2D eigenvalue weighted by Crippen LogP contribution is 2.32. The Hall–Kier alpha value is -3.14. The van der Waals surface area contributed by atoms with E-state index in [0.29, 0.717) is 12.1 Å². The van der Waals surface area contributed by atoms with Crippen LogP contribution in [0.3, 0.4) is 0 Å². The Kier molecular flexibility index (Phi) is 4.63. The molecule has 0 bridgehead atoms. The molecule has 4 rings (SSSR count). The summed E-state index contributed by atoms with van der Waals surface area (Å²) in [7, 11) is 0. The highest BCUT2D eigenvalue weighted by molar-refractivity contribution is 6.07. The molecule has 1 amide bonds. The van der Waals surface area contributed by atoms with Crippen molar-refractivity contribution >= 4 is 11.6 Å². The molecule has 0 spiro atoms. The molecule has 2 heterocycles. The van der Waals surface area contributed by atoms with Gasteiger partial charge in [-0.1, -0.05) is 42.0 Å². The number of carbonyl (C=O) groups excluding carboxylic acids is 1. The molecular formula is C24H24N2O2. The van der Waals surface area contributed by atoms with Gasteiger partial charge in [0.1, 0.15) is 0 Å². The lowest BCUT2D eigenvalue weighted by Crippen LogP contribution is -2.36. The van der Waals surface area contributed by atoms with Crippen molar-refractivity contribution in [3.63, 3.8) is 0 Å². The summed E-state index contributed by atoms with van der Waals surface area (Å²) in [6, 6.07) is 17.5. The molecule has 2 aromatic carbocycles. The third-order valence-corrected chi connectivity index (χ3v) is 5.50. The molecule has 0 unspecified atom stereocenters. The van der Waals surface area contributed by atoms with Gasteiger partial charge in [0.15, 0.2) is 0 Å². The Morgan fingerprint density at radius 1 is 1.07 bits per heavy atom. The van der Waals surface area contributed by atoms with E-state index in [0.717, 1.165) is 28.8 Å². The van der Waals surface area contributed by atoms with Gasteiger partial charge in [0.2, 0.25) is 0 Å². The number of rotatable bonds is 3. The maximum atomic E-state index is 13.3. The van der Waals surface area contributed by atoms with Gasteiger partial charge < -0.3 is 9.47 Å². The number of pyridine rings is 1. The number of benzene rings is 2. The molecule has 1 atom stereocenters. The lowest BCUT2D eigenvalue weighted by atomic mass is 10.1. The van der Waals surface area contributed by atoms with Crippen molar-refractivity contribution < 1.29 is 4.79 Å². The second-order valence-corrected chi connectivity index (χ2v) is 7.67. The molecule has 1 aliphatic rings. The van der Waals surface area contributed by atoms with Crippen LogP contribution < -0.4 is 10.5 Å². The molecule has 4 heteroatoms. The van der Waals surface area contributed by atoms with Crippen LogP contribution in [-0.2, 0) is 13.0 Å². The van der Waals surface area contributed by atoms with Gasteiger partial charge in [0, 0.05) is 24.0 Å². The average molecular weight is 372 g/mol. The van der Waals surface area contributed by atoms with Gasteiger partial charge in [-0.2, -0.15) is 0 Å². The zero-order chi connectivity index (χ0) is 19.8. The van der Waals surface area contributed by atoms with Gasteiger partial charge in [-0.25, -0.2) is 0 Å². The Balaban J connectivity index is 1.68. The lowest BCUT2D eigenvalue weighted by molar-refractivity contribution is 0.0980. The SMILES string of the molecule is Cc1ccc(C)c(Cn2cc(C(=O)N3c4ccccc4C[C@@H]3C)ccc2=O)c1. The number of carbonyl (C=O) groups is 1. The molecule has 1 aliphatic heterocycles. The number of hydrogen-bond donors (Lipinski definition) is 0. The molecule has 0 fully saturated rings. The Bertz CT molecular complexity index is 1110. The number of amides is 1.